The van der Waals surface area contributed by atoms with Crippen LogP contribution in [0.25, 0.3) is 0 Å². The van der Waals surface area contributed by atoms with Crippen LogP contribution in [0, 0.1) is 5.41 Å². The van der Waals surface area contributed by atoms with Crippen molar-refractivity contribution in [3.8, 4) is 0 Å². The second-order valence-corrected chi connectivity index (χ2v) is 5.30. The van der Waals surface area contributed by atoms with Crippen LogP contribution in [0.2, 0.25) is 5.02 Å². The molecule has 0 aliphatic rings. The number of aromatic nitrogens is 1. The summed E-state index contributed by atoms with van der Waals surface area (Å²) in [7, 11) is 0. The van der Waals surface area contributed by atoms with Crippen LogP contribution in [0.5, 0.6) is 0 Å². The Morgan fingerprint density at radius 3 is 2.88 bits per heavy atom. The molecular formula is C11H14BrClN2O. The largest absolute Gasteiger partial charge is 0.351 e. The Hall–Kier alpha value is -0.610. The summed E-state index contributed by atoms with van der Waals surface area (Å²) in [4.78, 5) is 15.6. The Kier molecular flexibility index (Phi) is 4.74. The lowest BCUT2D eigenvalue weighted by Gasteiger charge is -2.21. The Bertz CT molecular complexity index is 382. The number of halogens is 2. The number of rotatable bonds is 4. The van der Waals surface area contributed by atoms with Gasteiger partial charge in [0.05, 0.1) is 10.6 Å². The SMILES string of the molecule is CC(C)(CBr)CNC(=O)c1ccncc1Cl. The summed E-state index contributed by atoms with van der Waals surface area (Å²) in [5, 5.41) is 4.05. The van der Waals surface area contributed by atoms with Crippen molar-refractivity contribution in [3.63, 3.8) is 0 Å². The van der Waals surface area contributed by atoms with Crippen LogP contribution in [0.3, 0.4) is 0 Å². The predicted molar refractivity (Wildman–Crippen MR) is 69.2 cm³/mol. The number of nitrogens with zero attached hydrogens (tertiary/aromatic N) is 1. The van der Waals surface area contributed by atoms with Gasteiger partial charge in [0.15, 0.2) is 0 Å². The van der Waals surface area contributed by atoms with Gasteiger partial charge in [-0.3, -0.25) is 9.78 Å². The van der Waals surface area contributed by atoms with Gasteiger partial charge in [-0.15, -0.1) is 0 Å². The molecule has 0 aromatic carbocycles. The van der Waals surface area contributed by atoms with Gasteiger partial charge in [0.25, 0.3) is 5.91 Å². The van der Waals surface area contributed by atoms with E-state index in [9.17, 15) is 4.79 Å². The highest BCUT2D eigenvalue weighted by atomic mass is 79.9. The van der Waals surface area contributed by atoms with Gasteiger partial charge in [-0.1, -0.05) is 41.4 Å². The van der Waals surface area contributed by atoms with Gasteiger partial charge in [0.2, 0.25) is 0 Å². The summed E-state index contributed by atoms with van der Waals surface area (Å²) >= 11 is 9.27. The summed E-state index contributed by atoms with van der Waals surface area (Å²) in [6.45, 7) is 4.72. The standard InChI is InChI=1S/C11H14BrClN2O/c1-11(2,6-12)7-15-10(16)8-3-4-14-5-9(8)13/h3-5H,6-7H2,1-2H3,(H,15,16). The molecule has 5 heteroatoms. The van der Waals surface area contributed by atoms with E-state index in [1.54, 1.807) is 12.3 Å². The minimum Gasteiger partial charge on any atom is -0.351 e. The fourth-order valence-corrected chi connectivity index (χ4v) is 1.42. The van der Waals surface area contributed by atoms with Crippen LogP contribution in [0.15, 0.2) is 18.5 Å². The zero-order valence-corrected chi connectivity index (χ0v) is 11.6. The van der Waals surface area contributed by atoms with Crippen molar-refractivity contribution in [2.24, 2.45) is 5.41 Å². The lowest BCUT2D eigenvalue weighted by molar-refractivity contribution is 0.0940. The number of nitrogens with one attached hydrogen (secondary N) is 1. The minimum absolute atomic E-state index is 0.0230. The third kappa shape index (κ3) is 3.76. The molecule has 0 spiro atoms. The van der Waals surface area contributed by atoms with Gasteiger partial charge in [-0.25, -0.2) is 0 Å². The molecule has 0 radical (unpaired) electrons. The number of pyridine rings is 1. The van der Waals surface area contributed by atoms with Gasteiger partial charge in [0, 0.05) is 24.3 Å². The molecule has 0 fully saturated rings. The zero-order valence-electron chi connectivity index (χ0n) is 9.26. The maximum atomic E-state index is 11.8. The third-order valence-corrected chi connectivity index (χ3v) is 3.93. The van der Waals surface area contributed by atoms with Crippen molar-refractivity contribution in [1.82, 2.24) is 10.3 Å². The van der Waals surface area contributed by atoms with Crippen molar-refractivity contribution < 1.29 is 4.79 Å². The average molecular weight is 306 g/mol. The molecule has 0 saturated carbocycles. The first-order valence-corrected chi connectivity index (χ1v) is 6.40. The normalized spacial score (nSPS) is 11.2. The van der Waals surface area contributed by atoms with Crippen LogP contribution in [0.4, 0.5) is 0 Å². The number of hydrogen-bond acceptors (Lipinski definition) is 2. The first-order valence-electron chi connectivity index (χ1n) is 4.90. The van der Waals surface area contributed by atoms with Gasteiger partial charge < -0.3 is 5.32 Å². The first-order chi connectivity index (χ1) is 7.46. The summed E-state index contributed by atoms with van der Waals surface area (Å²) < 4.78 is 0. The van der Waals surface area contributed by atoms with Crippen LogP contribution in [-0.2, 0) is 0 Å². The molecule has 0 saturated heterocycles. The first kappa shape index (κ1) is 13.5. The molecule has 88 valence electrons. The number of carbonyl (C=O) groups excluding carboxylic acids is 1. The maximum absolute atomic E-state index is 11.8. The highest BCUT2D eigenvalue weighted by Gasteiger charge is 2.18. The van der Waals surface area contributed by atoms with Crippen LogP contribution >= 0.6 is 27.5 Å². The van der Waals surface area contributed by atoms with E-state index in [2.05, 4.69) is 40.1 Å². The highest BCUT2D eigenvalue weighted by molar-refractivity contribution is 9.09. The molecule has 0 atom stereocenters. The Morgan fingerprint density at radius 1 is 1.62 bits per heavy atom. The van der Waals surface area contributed by atoms with Gasteiger partial charge >= 0.3 is 0 Å². The summed E-state index contributed by atoms with van der Waals surface area (Å²) in [6, 6.07) is 1.61. The van der Waals surface area contributed by atoms with Crippen molar-refractivity contribution in [3.05, 3.63) is 29.0 Å². The fraction of sp³-hybridized carbons (Fsp3) is 0.455. The molecule has 0 aliphatic heterocycles. The molecule has 0 bridgehead atoms. The van der Waals surface area contributed by atoms with Crippen LogP contribution in [0.1, 0.15) is 24.2 Å². The summed E-state index contributed by atoms with van der Waals surface area (Å²) in [5.41, 5.74) is 0.483. The van der Waals surface area contributed by atoms with Gasteiger partial charge in [-0.2, -0.15) is 0 Å². The minimum atomic E-state index is -0.165. The fourth-order valence-electron chi connectivity index (χ4n) is 1.02. The molecule has 0 unspecified atom stereocenters. The molecule has 1 rings (SSSR count). The molecule has 1 aromatic rings. The quantitative estimate of drug-likeness (QED) is 0.869. The zero-order chi connectivity index (χ0) is 12.2. The molecule has 1 heterocycles. The maximum Gasteiger partial charge on any atom is 0.252 e. The molecule has 0 aliphatic carbocycles. The van der Waals surface area contributed by atoms with Crippen molar-refractivity contribution >= 4 is 33.4 Å². The molecular weight excluding hydrogens is 291 g/mol. The van der Waals surface area contributed by atoms with E-state index < -0.39 is 0 Å². The molecule has 1 N–H and O–H groups in total. The monoisotopic (exact) mass is 304 g/mol. The van der Waals surface area contributed by atoms with E-state index in [1.165, 1.54) is 6.20 Å². The van der Waals surface area contributed by atoms with Crippen molar-refractivity contribution in [1.29, 1.82) is 0 Å². The van der Waals surface area contributed by atoms with Crippen molar-refractivity contribution in [2.45, 2.75) is 13.8 Å². The van der Waals surface area contributed by atoms with E-state index in [1.807, 2.05) is 0 Å². The van der Waals surface area contributed by atoms with E-state index in [-0.39, 0.29) is 11.3 Å². The Labute approximate surface area is 109 Å². The van der Waals surface area contributed by atoms with E-state index in [4.69, 9.17) is 11.6 Å². The highest BCUT2D eigenvalue weighted by Crippen LogP contribution is 2.17. The number of alkyl halides is 1. The second-order valence-electron chi connectivity index (χ2n) is 4.34. The van der Waals surface area contributed by atoms with E-state index in [0.29, 0.717) is 17.1 Å². The third-order valence-electron chi connectivity index (χ3n) is 2.11. The molecule has 1 aromatic heterocycles. The lowest BCUT2D eigenvalue weighted by atomic mass is 9.97. The Morgan fingerprint density at radius 2 is 2.31 bits per heavy atom. The van der Waals surface area contributed by atoms with Gasteiger partial charge in [0.1, 0.15) is 0 Å². The molecule has 3 nitrogen and oxygen atoms in total. The molecule has 16 heavy (non-hydrogen) atoms. The van der Waals surface area contributed by atoms with Gasteiger partial charge in [-0.05, 0) is 11.5 Å². The molecule has 1 amide bonds. The predicted octanol–water partition coefficient (Wildman–Crippen LogP) is 2.89. The lowest BCUT2D eigenvalue weighted by Crippen LogP contribution is -2.35. The second kappa shape index (κ2) is 5.64. The number of carbonyl (C=O) groups is 1. The number of hydrogen-bond donors (Lipinski definition) is 1. The van der Waals surface area contributed by atoms with Crippen LogP contribution < -0.4 is 5.32 Å². The topological polar surface area (TPSA) is 42.0 Å². The summed E-state index contributed by atoms with van der Waals surface area (Å²) in [5.74, 6) is -0.165. The Balaban J connectivity index is 2.64. The van der Waals surface area contributed by atoms with Crippen molar-refractivity contribution in [2.75, 3.05) is 11.9 Å². The number of amides is 1. The summed E-state index contributed by atoms with van der Waals surface area (Å²) in [6.07, 6.45) is 3.02. The average Bonchev–Trinajstić information content (AvgIpc) is 2.27. The smallest absolute Gasteiger partial charge is 0.252 e. The van der Waals surface area contributed by atoms with E-state index >= 15 is 0 Å². The van der Waals surface area contributed by atoms with E-state index in [0.717, 1.165) is 5.33 Å². The van der Waals surface area contributed by atoms with Crippen LogP contribution in [-0.4, -0.2) is 22.8 Å².